The van der Waals surface area contributed by atoms with Gasteiger partial charge in [-0.25, -0.2) is 9.38 Å². The molecule has 1 saturated carbocycles. The average molecular weight is 341 g/mol. The van der Waals surface area contributed by atoms with Crippen molar-refractivity contribution < 1.29 is 13.9 Å². The van der Waals surface area contributed by atoms with E-state index in [1.807, 2.05) is 24.3 Å². The van der Waals surface area contributed by atoms with Crippen molar-refractivity contribution in [2.24, 2.45) is 10.7 Å². The molecular formula is C19H20FN3O2. The number of guanidine groups is 1. The Balaban J connectivity index is 1.41. The third-order valence-corrected chi connectivity index (χ3v) is 4.36. The van der Waals surface area contributed by atoms with Crippen LogP contribution in [0.4, 0.5) is 10.1 Å². The number of nitrogens with zero attached hydrogens (tertiary/aromatic N) is 1. The maximum atomic E-state index is 13.3. The zero-order valence-corrected chi connectivity index (χ0v) is 13.7. The number of fused-ring (bicyclic) bond motifs is 1. The van der Waals surface area contributed by atoms with Crippen LogP contribution in [0, 0.1) is 5.82 Å². The Bertz CT molecular complexity index is 809. The molecule has 4 rings (SSSR count). The molecule has 3 N–H and O–H groups in total. The van der Waals surface area contributed by atoms with Crippen LogP contribution in [0.1, 0.15) is 24.3 Å². The first-order valence-electron chi connectivity index (χ1n) is 8.44. The van der Waals surface area contributed by atoms with Gasteiger partial charge < -0.3 is 20.5 Å². The van der Waals surface area contributed by atoms with Gasteiger partial charge in [-0.15, -0.1) is 0 Å². The summed E-state index contributed by atoms with van der Waals surface area (Å²) in [5.74, 6) is 1.81. The van der Waals surface area contributed by atoms with Gasteiger partial charge in [0.2, 0.25) is 0 Å². The van der Waals surface area contributed by atoms with Gasteiger partial charge in [-0.3, -0.25) is 0 Å². The minimum Gasteiger partial charge on any atom is -0.490 e. The fourth-order valence-corrected chi connectivity index (χ4v) is 3.02. The largest absolute Gasteiger partial charge is 0.490 e. The monoisotopic (exact) mass is 341 g/mol. The van der Waals surface area contributed by atoms with E-state index in [2.05, 4.69) is 10.3 Å². The molecule has 25 heavy (non-hydrogen) atoms. The zero-order chi connectivity index (χ0) is 17.2. The fraction of sp³-hybridized carbons (Fsp3) is 0.316. The number of halogens is 1. The van der Waals surface area contributed by atoms with Gasteiger partial charge in [0.15, 0.2) is 17.5 Å². The Labute approximate surface area is 145 Å². The van der Waals surface area contributed by atoms with E-state index >= 15 is 0 Å². The molecular weight excluding hydrogens is 321 g/mol. The lowest BCUT2D eigenvalue weighted by Crippen LogP contribution is -2.23. The van der Waals surface area contributed by atoms with E-state index < -0.39 is 0 Å². The van der Waals surface area contributed by atoms with E-state index in [0.717, 1.165) is 29.8 Å². The van der Waals surface area contributed by atoms with Crippen LogP contribution in [0.3, 0.4) is 0 Å². The van der Waals surface area contributed by atoms with Crippen molar-refractivity contribution in [2.45, 2.75) is 24.8 Å². The van der Waals surface area contributed by atoms with E-state index in [4.69, 9.17) is 15.2 Å². The molecule has 0 saturated heterocycles. The maximum absolute atomic E-state index is 13.3. The lowest BCUT2D eigenvalue weighted by molar-refractivity contribution is 0.297. The van der Waals surface area contributed by atoms with Crippen LogP contribution in [-0.4, -0.2) is 25.2 Å². The number of nitrogens with one attached hydrogen (secondary N) is 1. The molecule has 2 aromatic carbocycles. The third kappa shape index (κ3) is 3.68. The molecule has 5 nitrogen and oxygen atoms in total. The molecule has 2 aromatic rings. The molecule has 0 spiro atoms. The minimum absolute atomic E-state index is 0.0923. The summed E-state index contributed by atoms with van der Waals surface area (Å²) >= 11 is 0. The Kier molecular flexibility index (Phi) is 4.17. The number of hydrogen-bond donors (Lipinski definition) is 2. The van der Waals surface area contributed by atoms with Gasteiger partial charge >= 0.3 is 0 Å². The van der Waals surface area contributed by atoms with Gasteiger partial charge in [-0.2, -0.15) is 0 Å². The molecule has 0 radical (unpaired) electrons. The second kappa shape index (κ2) is 6.63. The fourth-order valence-electron chi connectivity index (χ4n) is 3.02. The van der Waals surface area contributed by atoms with Crippen LogP contribution >= 0.6 is 0 Å². The molecule has 1 aliphatic carbocycles. The Morgan fingerprint density at radius 1 is 1.12 bits per heavy atom. The normalized spacial score (nSPS) is 22.2. The van der Waals surface area contributed by atoms with Crippen molar-refractivity contribution in [3.8, 4) is 11.5 Å². The van der Waals surface area contributed by atoms with Crippen LogP contribution in [0.5, 0.6) is 11.5 Å². The first kappa shape index (κ1) is 15.7. The topological polar surface area (TPSA) is 68.9 Å². The number of hydrogen-bond acceptors (Lipinski definition) is 3. The van der Waals surface area contributed by atoms with Crippen molar-refractivity contribution >= 4 is 11.6 Å². The van der Waals surface area contributed by atoms with E-state index in [0.29, 0.717) is 24.9 Å². The number of benzene rings is 2. The van der Waals surface area contributed by atoms with Crippen LogP contribution < -0.4 is 20.5 Å². The van der Waals surface area contributed by atoms with Gasteiger partial charge in [-0.1, -0.05) is 12.1 Å². The van der Waals surface area contributed by atoms with Crippen molar-refractivity contribution in [2.75, 3.05) is 18.5 Å². The molecule has 130 valence electrons. The molecule has 2 aliphatic rings. The highest BCUT2D eigenvalue weighted by Crippen LogP contribution is 2.43. The lowest BCUT2D eigenvalue weighted by Gasteiger charge is -2.10. The summed E-state index contributed by atoms with van der Waals surface area (Å²) in [6.45, 7) is 1.30. The predicted molar refractivity (Wildman–Crippen MR) is 94.8 cm³/mol. The number of aliphatic imine (C=N–C) groups is 1. The molecule has 0 bridgehead atoms. The first-order valence-corrected chi connectivity index (χ1v) is 8.44. The average Bonchev–Trinajstić information content (AvgIpc) is 3.37. The van der Waals surface area contributed by atoms with Crippen LogP contribution in [0.2, 0.25) is 0 Å². The summed E-state index contributed by atoms with van der Waals surface area (Å²) in [7, 11) is 0. The molecule has 0 aromatic heterocycles. The van der Waals surface area contributed by atoms with Gasteiger partial charge in [0.25, 0.3) is 0 Å². The number of rotatable bonds is 3. The van der Waals surface area contributed by atoms with Gasteiger partial charge in [0, 0.05) is 24.1 Å². The maximum Gasteiger partial charge on any atom is 0.193 e. The summed E-state index contributed by atoms with van der Waals surface area (Å²) in [5, 5.41) is 3.09. The summed E-state index contributed by atoms with van der Waals surface area (Å²) in [6, 6.07) is 12.4. The summed E-state index contributed by atoms with van der Waals surface area (Å²) in [5.41, 5.74) is 7.79. The number of nitrogens with two attached hydrogens (primary N) is 1. The molecule has 6 heteroatoms. The van der Waals surface area contributed by atoms with E-state index in [1.165, 1.54) is 6.07 Å². The summed E-state index contributed by atoms with van der Waals surface area (Å²) in [4.78, 5) is 4.49. The standard InChI is InChI=1S/C19H20FN3O2/c20-13-4-1-3-12(9-13)15-11-16(15)23-19(21)22-14-5-6-17-18(10-14)25-8-2-7-24-17/h1,3-6,9-10,15-16H,2,7-8,11H2,(H3,21,22,23). The Morgan fingerprint density at radius 2 is 1.96 bits per heavy atom. The third-order valence-electron chi connectivity index (χ3n) is 4.36. The van der Waals surface area contributed by atoms with Gasteiger partial charge in [0.05, 0.1) is 19.3 Å². The minimum atomic E-state index is -0.217. The second-order valence-corrected chi connectivity index (χ2v) is 6.32. The van der Waals surface area contributed by atoms with E-state index in [-0.39, 0.29) is 17.8 Å². The number of anilines is 1. The smallest absolute Gasteiger partial charge is 0.193 e. The van der Waals surface area contributed by atoms with Crippen molar-refractivity contribution in [1.29, 1.82) is 0 Å². The van der Waals surface area contributed by atoms with Gasteiger partial charge in [-0.05, 0) is 36.2 Å². The lowest BCUT2D eigenvalue weighted by atomic mass is 10.1. The molecule has 1 fully saturated rings. The molecule has 0 amide bonds. The predicted octanol–water partition coefficient (Wildman–Crippen LogP) is 3.27. The first-order chi connectivity index (χ1) is 12.2. The quantitative estimate of drug-likeness (QED) is 0.664. The molecule has 1 aliphatic heterocycles. The van der Waals surface area contributed by atoms with Crippen molar-refractivity contribution in [3.63, 3.8) is 0 Å². The summed E-state index contributed by atoms with van der Waals surface area (Å²) in [6.07, 6.45) is 1.75. The molecule has 2 atom stereocenters. The molecule has 2 unspecified atom stereocenters. The van der Waals surface area contributed by atoms with E-state index in [9.17, 15) is 4.39 Å². The van der Waals surface area contributed by atoms with Gasteiger partial charge in [0.1, 0.15) is 5.82 Å². The summed E-state index contributed by atoms with van der Waals surface area (Å²) < 4.78 is 24.6. The van der Waals surface area contributed by atoms with E-state index in [1.54, 1.807) is 12.1 Å². The zero-order valence-electron chi connectivity index (χ0n) is 13.7. The van der Waals surface area contributed by atoms with Crippen molar-refractivity contribution in [3.05, 3.63) is 53.8 Å². The molecule has 1 heterocycles. The van der Waals surface area contributed by atoms with Crippen LogP contribution in [0.25, 0.3) is 0 Å². The highest BCUT2D eigenvalue weighted by molar-refractivity contribution is 5.92. The SMILES string of the molecule is NC(=NC1CC1c1cccc(F)c1)Nc1ccc2c(c1)OCCCO2. The highest BCUT2D eigenvalue weighted by Gasteiger charge is 2.38. The highest BCUT2D eigenvalue weighted by atomic mass is 19.1. The van der Waals surface area contributed by atoms with Crippen molar-refractivity contribution in [1.82, 2.24) is 0 Å². The Morgan fingerprint density at radius 3 is 2.80 bits per heavy atom. The van der Waals surface area contributed by atoms with Crippen LogP contribution in [-0.2, 0) is 0 Å². The Hall–Kier alpha value is -2.76. The van der Waals surface area contributed by atoms with Crippen LogP contribution in [0.15, 0.2) is 47.5 Å². The number of ether oxygens (including phenoxy) is 2. The second-order valence-electron chi connectivity index (χ2n) is 6.32.